The Balaban J connectivity index is 2.25. The molecule has 0 saturated heterocycles. The highest BCUT2D eigenvalue weighted by atomic mass is 16.3. The third-order valence-corrected chi connectivity index (χ3v) is 3.30. The number of benzene rings is 1. The Hall–Kier alpha value is -3.22. The maximum atomic E-state index is 12.1. The summed E-state index contributed by atoms with van der Waals surface area (Å²) in [6.07, 6.45) is 2.78. The Bertz CT molecular complexity index is 1060. The van der Waals surface area contributed by atoms with Crippen LogP contribution < -0.4 is 21.8 Å². The molecule has 7 heteroatoms. The molecule has 2 aromatic rings. The predicted octanol–water partition coefficient (Wildman–Crippen LogP) is -0.899. The van der Waals surface area contributed by atoms with E-state index in [0.29, 0.717) is 5.36 Å². The zero-order chi connectivity index (χ0) is 15.9. The summed E-state index contributed by atoms with van der Waals surface area (Å²) in [7, 11) is 0. The van der Waals surface area contributed by atoms with E-state index in [1.54, 1.807) is 12.1 Å². The number of rotatable bonds is 1. The molecule has 0 unspecified atom stereocenters. The Morgan fingerprint density at radius 1 is 1.18 bits per heavy atom. The molecule has 1 amide bonds. The summed E-state index contributed by atoms with van der Waals surface area (Å²) in [5, 5.41) is 11.0. The van der Waals surface area contributed by atoms with Gasteiger partial charge in [-0.15, -0.1) is 0 Å². The number of aromatic amines is 2. The number of fused-ring (bicyclic) bond motifs is 1. The minimum absolute atomic E-state index is 0.144. The van der Waals surface area contributed by atoms with Gasteiger partial charge in [-0.2, -0.15) is 0 Å². The Morgan fingerprint density at radius 3 is 2.68 bits per heavy atom. The van der Waals surface area contributed by atoms with Crippen molar-refractivity contribution < 1.29 is 9.90 Å². The highest BCUT2D eigenvalue weighted by Gasteiger charge is 2.14. The highest BCUT2D eigenvalue weighted by Crippen LogP contribution is 2.13. The highest BCUT2D eigenvalue weighted by molar-refractivity contribution is 6.07. The molecule has 0 radical (unpaired) electrons. The maximum absolute atomic E-state index is 12.1. The summed E-state index contributed by atoms with van der Waals surface area (Å²) >= 11 is 0. The van der Waals surface area contributed by atoms with Gasteiger partial charge in [0.05, 0.1) is 5.36 Å². The van der Waals surface area contributed by atoms with Crippen molar-refractivity contribution in [3.05, 3.63) is 66.3 Å². The van der Waals surface area contributed by atoms with Gasteiger partial charge in [-0.3, -0.25) is 19.6 Å². The first-order valence-electron chi connectivity index (χ1n) is 6.43. The zero-order valence-corrected chi connectivity index (χ0v) is 11.5. The number of aryl methyl sites for hydroxylation is 1. The van der Waals surface area contributed by atoms with Gasteiger partial charge in [0.15, 0.2) is 0 Å². The van der Waals surface area contributed by atoms with Gasteiger partial charge in [-0.05, 0) is 24.6 Å². The molecule has 1 aromatic heterocycles. The first-order chi connectivity index (χ1) is 10.5. The van der Waals surface area contributed by atoms with Gasteiger partial charge >= 0.3 is 5.69 Å². The fraction of sp³-hybridized carbons (Fsp3) is 0.0667. The molecule has 2 heterocycles. The van der Waals surface area contributed by atoms with Gasteiger partial charge in [0.1, 0.15) is 5.56 Å². The minimum Gasteiger partial charge on any atom is -0.494 e. The average molecular weight is 297 g/mol. The molecular formula is C15H11N3O4. The smallest absolute Gasteiger partial charge is 0.328 e. The molecule has 1 aromatic carbocycles. The number of aromatic hydroxyl groups is 1. The van der Waals surface area contributed by atoms with Gasteiger partial charge in [0.2, 0.25) is 5.88 Å². The summed E-state index contributed by atoms with van der Waals surface area (Å²) in [6, 6.07) is 5.47. The van der Waals surface area contributed by atoms with Crippen LogP contribution in [0.4, 0.5) is 0 Å². The molecule has 0 spiro atoms. The number of aromatic nitrogens is 2. The molecule has 7 nitrogen and oxygen atoms in total. The Labute approximate surface area is 123 Å². The van der Waals surface area contributed by atoms with Crippen molar-refractivity contribution in [3.63, 3.8) is 0 Å². The summed E-state index contributed by atoms with van der Waals surface area (Å²) in [6.45, 7) is 1.84. The van der Waals surface area contributed by atoms with Crippen molar-refractivity contribution in [1.82, 2.24) is 9.97 Å². The lowest BCUT2D eigenvalue weighted by Gasteiger charge is -2.05. The van der Waals surface area contributed by atoms with E-state index in [2.05, 4.69) is 9.98 Å². The van der Waals surface area contributed by atoms with Crippen LogP contribution in [-0.4, -0.2) is 21.0 Å². The summed E-state index contributed by atoms with van der Waals surface area (Å²) in [5.74, 6) is -1.12. The minimum atomic E-state index is -0.825. The number of carbonyl (C=O) groups is 1. The predicted molar refractivity (Wildman–Crippen MR) is 78.8 cm³/mol. The van der Waals surface area contributed by atoms with Gasteiger partial charge in [-0.1, -0.05) is 18.2 Å². The summed E-state index contributed by atoms with van der Waals surface area (Å²) < 4.78 is 0. The van der Waals surface area contributed by atoms with Crippen molar-refractivity contribution in [2.75, 3.05) is 0 Å². The van der Waals surface area contributed by atoms with E-state index in [1.807, 2.05) is 24.0 Å². The lowest BCUT2D eigenvalue weighted by atomic mass is 10.1. The van der Waals surface area contributed by atoms with E-state index in [0.717, 1.165) is 10.8 Å². The number of nitrogens with zero attached hydrogens (tertiary/aromatic N) is 1. The van der Waals surface area contributed by atoms with Crippen LogP contribution in [0.2, 0.25) is 0 Å². The number of amides is 1. The topological polar surface area (TPSA) is 115 Å². The van der Waals surface area contributed by atoms with Crippen LogP contribution in [0, 0.1) is 6.92 Å². The summed E-state index contributed by atoms with van der Waals surface area (Å²) in [5.41, 5.74) is -0.804. The van der Waals surface area contributed by atoms with E-state index in [1.165, 1.54) is 6.08 Å². The van der Waals surface area contributed by atoms with Crippen molar-refractivity contribution in [2.24, 2.45) is 4.99 Å². The molecule has 3 N–H and O–H groups in total. The van der Waals surface area contributed by atoms with Crippen LogP contribution in [0.1, 0.15) is 11.1 Å². The van der Waals surface area contributed by atoms with Crippen LogP contribution >= 0.6 is 0 Å². The van der Waals surface area contributed by atoms with Gasteiger partial charge < -0.3 is 5.11 Å². The second-order valence-electron chi connectivity index (χ2n) is 4.84. The molecule has 1 aliphatic rings. The van der Waals surface area contributed by atoms with E-state index in [-0.39, 0.29) is 11.1 Å². The van der Waals surface area contributed by atoms with E-state index in [4.69, 9.17) is 0 Å². The molecular weight excluding hydrogens is 286 g/mol. The quantitative estimate of drug-likeness (QED) is 0.592. The van der Waals surface area contributed by atoms with Crippen molar-refractivity contribution in [2.45, 2.75) is 6.92 Å². The first-order valence-corrected chi connectivity index (χ1v) is 6.43. The third kappa shape index (κ3) is 2.28. The standard InChI is InChI=1S/C15H11N3O4/c1-7-3-2-4-8-5-9(12(19)16-11(7)8)6-10-13(20)17-15(22)18-14(10)21/h2-6H,1H3,(H3,17,18,20,21,22)/b9-6+. The van der Waals surface area contributed by atoms with Crippen LogP contribution in [0.15, 0.2) is 38.4 Å². The van der Waals surface area contributed by atoms with Crippen LogP contribution in [0.3, 0.4) is 0 Å². The van der Waals surface area contributed by atoms with E-state index >= 15 is 0 Å². The average Bonchev–Trinajstić information content (AvgIpc) is 2.44. The molecule has 3 rings (SSSR count). The number of hydrogen-bond donors (Lipinski definition) is 3. The van der Waals surface area contributed by atoms with Gasteiger partial charge in [-0.25, -0.2) is 9.79 Å². The molecule has 110 valence electrons. The SMILES string of the molecule is Cc1cccc2c1=NC(=O)/C(=C/c1c(O)[nH]c(=O)[nH]c1=O)C=2. The Kier molecular flexibility index (Phi) is 3.10. The molecule has 0 atom stereocenters. The van der Waals surface area contributed by atoms with Crippen molar-refractivity contribution in [3.8, 4) is 5.88 Å². The van der Waals surface area contributed by atoms with Crippen molar-refractivity contribution >= 4 is 18.1 Å². The molecule has 0 fully saturated rings. The second-order valence-corrected chi connectivity index (χ2v) is 4.84. The molecule has 0 saturated carbocycles. The number of H-pyrrole nitrogens is 2. The molecule has 0 aliphatic carbocycles. The normalized spacial score (nSPS) is 15.1. The lowest BCUT2D eigenvalue weighted by molar-refractivity contribution is -0.114. The van der Waals surface area contributed by atoms with Gasteiger partial charge in [0.25, 0.3) is 11.5 Å². The number of nitrogens with one attached hydrogen (secondary N) is 2. The molecule has 1 aliphatic heterocycles. The Morgan fingerprint density at radius 2 is 1.95 bits per heavy atom. The largest absolute Gasteiger partial charge is 0.494 e. The van der Waals surface area contributed by atoms with Gasteiger partial charge in [0, 0.05) is 10.8 Å². The second kappa shape index (κ2) is 4.96. The number of para-hydroxylation sites is 1. The first kappa shape index (κ1) is 13.7. The van der Waals surface area contributed by atoms with E-state index in [9.17, 15) is 19.5 Å². The third-order valence-electron chi connectivity index (χ3n) is 3.30. The van der Waals surface area contributed by atoms with E-state index < -0.39 is 23.0 Å². The number of carbonyl (C=O) groups excluding carboxylic acids is 1. The number of hydrogen-bond acceptors (Lipinski definition) is 4. The van der Waals surface area contributed by atoms with Crippen LogP contribution in [0.5, 0.6) is 5.88 Å². The lowest BCUT2D eigenvalue weighted by Crippen LogP contribution is -2.32. The fourth-order valence-electron chi connectivity index (χ4n) is 2.22. The molecule has 22 heavy (non-hydrogen) atoms. The van der Waals surface area contributed by atoms with Crippen molar-refractivity contribution in [1.29, 1.82) is 0 Å². The summed E-state index contributed by atoms with van der Waals surface area (Å²) in [4.78, 5) is 42.8. The zero-order valence-electron chi connectivity index (χ0n) is 11.5. The fourth-order valence-corrected chi connectivity index (χ4v) is 2.22. The van der Waals surface area contributed by atoms with Crippen LogP contribution in [0.25, 0.3) is 12.2 Å². The monoisotopic (exact) mass is 297 g/mol. The maximum Gasteiger partial charge on any atom is 0.328 e. The molecule has 0 bridgehead atoms. The van der Waals surface area contributed by atoms with Crippen LogP contribution in [-0.2, 0) is 4.79 Å².